The molecule has 0 rings (SSSR count). The lowest BCUT2D eigenvalue weighted by molar-refractivity contribution is 1.04. The summed E-state index contributed by atoms with van der Waals surface area (Å²) in [7, 11) is 0. The van der Waals surface area contributed by atoms with Gasteiger partial charge >= 0.3 is 12.0 Å². The van der Waals surface area contributed by atoms with Crippen molar-refractivity contribution in [2.24, 2.45) is 0 Å². The van der Waals surface area contributed by atoms with Gasteiger partial charge < -0.3 is 0 Å². The first-order valence-corrected chi connectivity index (χ1v) is 25.5. The zero-order chi connectivity index (χ0) is 17.7. The smallest absolute Gasteiger partial charge is 0.146 e. The molecule has 0 aromatic heterocycles. The van der Waals surface area contributed by atoms with Gasteiger partial charge in [0.05, 0.1) is 0 Å². The second-order valence-electron chi connectivity index (χ2n) is 4.90. The number of hydrogen-bond donors (Lipinski definition) is 0. The van der Waals surface area contributed by atoms with Gasteiger partial charge in [-0.25, -0.2) is 0 Å². The number of halogens is 10. The van der Waals surface area contributed by atoms with Gasteiger partial charge in [0.1, 0.15) is 0 Å². The molecule has 130 valence electrons. The fourth-order valence-corrected chi connectivity index (χ4v) is 15.6. The molecule has 14 heteroatoms. The monoisotopic (exact) mass is 562 g/mol. The molecule has 0 radical (unpaired) electrons. The average Bonchev–Trinajstić information content (AvgIpc) is 2.09. The molecule has 0 aliphatic carbocycles. The molecule has 0 heterocycles. The van der Waals surface area contributed by atoms with E-state index >= 15 is 0 Å². The van der Waals surface area contributed by atoms with E-state index < -0.39 is 25.4 Å². The van der Waals surface area contributed by atoms with Gasteiger partial charge in [0.15, 0.2) is 0 Å². The number of rotatable bonds is 6. The minimum atomic E-state index is -2.59. The van der Waals surface area contributed by atoms with E-state index in [1.54, 1.807) is 0 Å². The van der Waals surface area contributed by atoms with Crippen LogP contribution in [0.3, 0.4) is 0 Å². The van der Waals surface area contributed by atoms with E-state index in [-0.39, 0.29) is 5.54 Å². The third-order valence-corrected chi connectivity index (χ3v) is 14.7. The highest BCUT2D eigenvalue weighted by atomic mass is 35.8. The largest absolute Gasteiger partial charge is 0.343 e. The Bertz CT molecular complexity index is 274. The molecule has 0 aliphatic rings. The van der Waals surface area contributed by atoms with Gasteiger partial charge in [-0.3, -0.25) is 0 Å². The van der Waals surface area contributed by atoms with Crippen LogP contribution in [0.5, 0.6) is 0 Å². The van der Waals surface area contributed by atoms with Crippen molar-refractivity contribution in [1.82, 2.24) is 0 Å². The minimum Gasteiger partial charge on any atom is -0.146 e. The van der Waals surface area contributed by atoms with Gasteiger partial charge in [-0.2, -0.15) is 0 Å². The Hall–Kier alpha value is 3.77. The lowest BCUT2D eigenvalue weighted by Gasteiger charge is -2.21. The Morgan fingerprint density at radius 1 is 0.667 bits per heavy atom. The Kier molecular flexibility index (Phi) is 13.9. The molecule has 0 N–H and O–H groups in total. The lowest BCUT2D eigenvalue weighted by atomic mass is 10.6. The molecule has 1 atom stereocenters. The molecule has 0 aliphatic heterocycles. The third-order valence-electron chi connectivity index (χ3n) is 2.07. The normalized spacial score (nSPS) is 15.3. The van der Waals surface area contributed by atoms with Crippen molar-refractivity contribution in [1.29, 1.82) is 0 Å². The summed E-state index contributed by atoms with van der Waals surface area (Å²) in [6, 6.07) is -3.19. The maximum absolute atomic E-state index is 5.88. The zero-order valence-electron chi connectivity index (χ0n) is 11.5. The molecule has 0 amide bonds. The average molecular weight is 567 g/mol. The second kappa shape index (κ2) is 10.8. The van der Waals surface area contributed by atoms with Crippen molar-refractivity contribution in [3.8, 4) is 0 Å². The van der Waals surface area contributed by atoms with Crippen molar-refractivity contribution >= 4 is 136 Å². The minimum absolute atomic E-state index is 0.0409. The maximum Gasteiger partial charge on any atom is 0.343 e. The Morgan fingerprint density at radius 3 is 1.14 bits per heavy atom. The summed E-state index contributed by atoms with van der Waals surface area (Å²) in [5.41, 5.74) is 0.0409. The van der Waals surface area contributed by atoms with E-state index in [4.69, 9.17) is 111 Å². The molecule has 0 bridgehead atoms. The van der Waals surface area contributed by atoms with Crippen LogP contribution in [-0.2, 0) is 0 Å². The van der Waals surface area contributed by atoms with Crippen molar-refractivity contribution < 1.29 is 0 Å². The summed E-state index contributed by atoms with van der Waals surface area (Å²) in [4.78, 5) is 0. The van der Waals surface area contributed by atoms with Crippen molar-refractivity contribution in [3.05, 3.63) is 0 Å². The van der Waals surface area contributed by atoms with Crippen LogP contribution in [0.25, 0.3) is 0 Å². The molecule has 0 spiro atoms. The van der Waals surface area contributed by atoms with E-state index in [9.17, 15) is 0 Å². The molecular formula is C7H16Cl10Si4. The lowest BCUT2D eigenvalue weighted by Crippen LogP contribution is -2.24. The molecule has 0 nitrogen and oxygen atoms in total. The first kappa shape index (κ1) is 27.0. The second-order valence-corrected chi connectivity index (χ2v) is 39.7. The van der Waals surface area contributed by atoms with E-state index in [1.165, 1.54) is 0 Å². The predicted molar refractivity (Wildman–Crippen MR) is 117 cm³/mol. The van der Waals surface area contributed by atoms with Crippen LogP contribution in [0, 0.1) is 0 Å². The topological polar surface area (TPSA) is 0 Å². The fourth-order valence-electron chi connectivity index (χ4n) is 1.01. The molecule has 0 saturated carbocycles. The molecule has 0 aromatic rings. The zero-order valence-corrected chi connectivity index (χ0v) is 23.0. The fraction of sp³-hybridized carbons (Fsp3) is 1.00. The first-order chi connectivity index (χ1) is 8.83. The van der Waals surface area contributed by atoms with Crippen LogP contribution in [0.2, 0.25) is 36.8 Å². The Labute approximate surface area is 178 Å². The number of hydrogen-bond acceptors (Lipinski definition) is 0. The summed E-state index contributed by atoms with van der Waals surface area (Å²) in [6.45, 7) is 1.39. The van der Waals surface area contributed by atoms with Crippen molar-refractivity contribution in [2.75, 3.05) is 0 Å². The molecule has 0 fully saturated rings. The van der Waals surface area contributed by atoms with E-state index in [0.717, 1.165) is 0 Å². The van der Waals surface area contributed by atoms with Crippen LogP contribution in [0.4, 0.5) is 0 Å². The van der Waals surface area contributed by atoms with Gasteiger partial charge in [-0.05, 0) is 36.8 Å². The quantitative estimate of drug-likeness (QED) is 0.223. The summed E-state index contributed by atoms with van der Waals surface area (Å²) < 4.78 is 0. The Balaban J connectivity index is 0. The molecule has 0 saturated heterocycles. The van der Waals surface area contributed by atoms with Crippen LogP contribution in [0.15, 0.2) is 0 Å². The van der Waals surface area contributed by atoms with Gasteiger partial charge in [-0.1, -0.05) is 6.92 Å². The van der Waals surface area contributed by atoms with Gasteiger partial charge in [-0.15, -0.1) is 111 Å². The molecule has 0 aromatic carbocycles. The maximum atomic E-state index is 5.88. The van der Waals surface area contributed by atoms with Gasteiger partial charge in [0.2, 0.25) is 13.4 Å². The summed E-state index contributed by atoms with van der Waals surface area (Å²) in [6.07, 6.45) is 0. The van der Waals surface area contributed by atoms with E-state index in [2.05, 4.69) is 0 Å². The Morgan fingerprint density at radius 2 is 1.05 bits per heavy atom. The van der Waals surface area contributed by atoms with E-state index in [1.807, 2.05) is 20.0 Å². The predicted octanol–water partition coefficient (Wildman–Crippen LogP) is 8.77. The highest BCUT2D eigenvalue weighted by molar-refractivity contribution is 7.66. The summed E-state index contributed by atoms with van der Waals surface area (Å²) in [5, 5.41) is 0. The van der Waals surface area contributed by atoms with Gasteiger partial charge in [0, 0.05) is 0 Å². The van der Waals surface area contributed by atoms with Crippen LogP contribution < -0.4 is 0 Å². The molecule has 21 heavy (non-hydrogen) atoms. The standard InChI is InChI=1S/C4H9Cl5Si2.C3H7Cl5Si2/c1-4(11(7,8)9)3-10(2,5)6;1-9(4,5)2-3-10(6,7)8/h4H,3H2,1-2H3;2-3H2,1H3. The van der Waals surface area contributed by atoms with E-state index in [0.29, 0.717) is 18.1 Å². The molecule has 1 unspecified atom stereocenters. The van der Waals surface area contributed by atoms with Crippen molar-refractivity contribution in [2.45, 2.75) is 43.7 Å². The van der Waals surface area contributed by atoms with Crippen molar-refractivity contribution in [3.63, 3.8) is 0 Å². The highest BCUT2D eigenvalue weighted by Crippen LogP contribution is 2.41. The van der Waals surface area contributed by atoms with Gasteiger partial charge in [0.25, 0.3) is 0 Å². The third kappa shape index (κ3) is 23.8. The first-order valence-electron chi connectivity index (χ1n) is 5.72. The summed E-state index contributed by atoms with van der Waals surface area (Å²) in [5.74, 6) is 0. The summed E-state index contributed by atoms with van der Waals surface area (Å²) >= 11 is 57.5. The molecular weight excluding hydrogens is 551 g/mol. The SMILES string of the molecule is CC(C[Si](C)(Cl)Cl)[Si](Cl)(Cl)Cl.C[Si](Cl)(Cl)CC[Si](Cl)(Cl)Cl. The van der Waals surface area contributed by atoms with Crippen LogP contribution in [-0.4, -0.2) is 25.4 Å². The highest BCUT2D eigenvalue weighted by Gasteiger charge is 2.38. The van der Waals surface area contributed by atoms with Crippen LogP contribution >= 0.6 is 111 Å². The van der Waals surface area contributed by atoms with Crippen LogP contribution in [0.1, 0.15) is 6.92 Å².